The Kier molecular flexibility index (Phi) is 6.32. The quantitative estimate of drug-likeness (QED) is 0.405. The summed E-state index contributed by atoms with van der Waals surface area (Å²) in [6, 6.07) is 17.0. The topological polar surface area (TPSA) is 105 Å². The van der Waals surface area contributed by atoms with Crippen molar-refractivity contribution in [3.8, 4) is 23.0 Å². The minimum atomic E-state index is -0.634. The molecule has 5 rings (SSSR count). The van der Waals surface area contributed by atoms with Crippen LogP contribution in [0, 0.1) is 0 Å². The summed E-state index contributed by atoms with van der Waals surface area (Å²) in [7, 11) is 1.58. The summed E-state index contributed by atoms with van der Waals surface area (Å²) < 4.78 is 20.1. The van der Waals surface area contributed by atoms with Crippen LogP contribution in [0.3, 0.4) is 0 Å². The lowest BCUT2D eigenvalue weighted by molar-refractivity contribution is 0.0198. The first-order valence-electron chi connectivity index (χ1n) is 12.1. The molecule has 0 saturated carbocycles. The Labute approximate surface area is 214 Å². The Balaban J connectivity index is 1.59. The number of aromatic nitrogens is 4. The second kappa shape index (κ2) is 9.61. The van der Waals surface area contributed by atoms with E-state index in [1.807, 2.05) is 51.1 Å². The molecule has 0 radical (unpaired) electrons. The van der Waals surface area contributed by atoms with Gasteiger partial charge in [0.05, 0.1) is 31.5 Å². The normalized spacial score (nSPS) is 13.4. The molecule has 10 nitrogen and oxygen atoms in total. The van der Waals surface area contributed by atoms with E-state index in [1.54, 1.807) is 45.4 Å². The van der Waals surface area contributed by atoms with Gasteiger partial charge in [-0.15, -0.1) is 10.2 Å². The fourth-order valence-corrected chi connectivity index (χ4v) is 4.32. The number of imidazole rings is 1. The molecule has 37 heavy (non-hydrogen) atoms. The molecule has 2 aromatic carbocycles. The van der Waals surface area contributed by atoms with E-state index >= 15 is 0 Å². The molecule has 0 atom stereocenters. The van der Waals surface area contributed by atoms with Crippen LogP contribution in [0.5, 0.6) is 5.75 Å². The van der Waals surface area contributed by atoms with Crippen molar-refractivity contribution in [3.63, 3.8) is 0 Å². The largest absolute Gasteiger partial charge is 0.497 e. The van der Waals surface area contributed by atoms with Crippen LogP contribution in [-0.2, 0) is 24.2 Å². The highest BCUT2D eigenvalue weighted by Crippen LogP contribution is 2.30. The summed E-state index contributed by atoms with van der Waals surface area (Å²) in [5.41, 5.74) is 1.82. The van der Waals surface area contributed by atoms with Gasteiger partial charge in [-0.2, -0.15) is 0 Å². The average Bonchev–Trinajstić information content (AvgIpc) is 3.45. The number of fused-ring (bicyclic) bond motifs is 1. The zero-order valence-electron chi connectivity index (χ0n) is 21.3. The maximum Gasteiger partial charge on any atom is 0.410 e. The number of rotatable bonds is 5. The first kappa shape index (κ1) is 24.4. The molecule has 0 aliphatic carbocycles. The Bertz CT molecular complexity index is 1460. The van der Waals surface area contributed by atoms with E-state index in [-0.39, 0.29) is 18.1 Å². The summed E-state index contributed by atoms with van der Waals surface area (Å²) in [5.74, 6) is 1.30. The Morgan fingerprint density at radius 3 is 2.43 bits per heavy atom. The van der Waals surface area contributed by atoms with Gasteiger partial charge in [-0.05, 0) is 50.6 Å². The van der Waals surface area contributed by atoms with Gasteiger partial charge >= 0.3 is 11.8 Å². The van der Waals surface area contributed by atoms with Crippen molar-refractivity contribution < 1.29 is 18.7 Å². The second-order valence-electron chi connectivity index (χ2n) is 9.83. The molecule has 0 saturated heterocycles. The summed E-state index contributed by atoms with van der Waals surface area (Å²) in [4.78, 5) is 28.1. The van der Waals surface area contributed by atoms with Crippen molar-refractivity contribution in [2.24, 2.45) is 0 Å². The first-order valence-corrected chi connectivity index (χ1v) is 12.1. The minimum Gasteiger partial charge on any atom is -0.497 e. The zero-order valence-corrected chi connectivity index (χ0v) is 21.3. The van der Waals surface area contributed by atoms with Gasteiger partial charge in [-0.1, -0.05) is 30.3 Å². The van der Waals surface area contributed by atoms with Crippen molar-refractivity contribution in [1.29, 1.82) is 0 Å². The van der Waals surface area contributed by atoms with Crippen molar-refractivity contribution in [2.75, 3.05) is 13.7 Å². The molecule has 0 fully saturated rings. The van der Waals surface area contributed by atoms with E-state index < -0.39 is 11.7 Å². The number of methoxy groups -OCH3 is 1. The van der Waals surface area contributed by atoms with Crippen LogP contribution in [0.2, 0.25) is 0 Å². The number of ether oxygens (including phenoxy) is 2. The predicted molar refractivity (Wildman–Crippen MR) is 136 cm³/mol. The van der Waals surface area contributed by atoms with Gasteiger partial charge in [-0.3, -0.25) is 9.13 Å². The lowest BCUT2D eigenvalue weighted by Gasteiger charge is -2.30. The van der Waals surface area contributed by atoms with Crippen molar-refractivity contribution >= 4 is 6.09 Å². The second-order valence-corrected chi connectivity index (χ2v) is 9.83. The van der Waals surface area contributed by atoms with Crippen LogP contribution in [0.15, 0.2) is 63.8 Å². The van der Waals surface area contributed by atoms with Crippen molar-refractivity contribution in [2.45, 2.75) is 45.9 Å². The van der Waals surface area contributed by atoms with E-state index in [0.717, 1.165) is 5.56 Å². The summed E-state index contributed by atoms with van der Waals surface area (Å²) in [6.45, 7) is 6.29. The van der Waals surface area contributed by atoms with Crippen molar-refractivity contribution in [1.82, 2.24) is 24.2 Å². The Morgan fingerprint density at radius 1 is 1.03 bits per heavy atom. The number of hydrogen-bond acceptors (Lipinski definition) is 7. The number of carbonyl (C=O) groups is 1. The summed E-state index contributed by atoms with van der Waals surface area (Å²) >= 11 is 0. The maximum absolute atomic E-state index is 13.6. The number of nitrogens with zero attached hydrogens (tertiary/aromatic N) is 5. The van der Waals surface area contributed by atoms with Gasteiger partial charge < -0.3 is 18.8 Å². The van der Waals surface area contributed by atoms with E-state index in [2.05, 4.69) is 10.2 Å². The molecule has 4 aromatic rings. The number of benzene rings is 2. The van der Waals surface area contributed by atoms with E-state index in [0.29, 0.717) is 48.2 Å². The van der Waals surface area contributed by atoms with Crippen molar-refractivity contribution in [3.05, 3.63) is 82.2 Å². The third-order valence-corrected chi connectivity index (χ3v) is 6.03. The lowest BCUT2D eigenvalue weighted by Crippen LogP contribution is -2.43. The maximum atomic E-state index is 13.6. The molecular formula is C27H29N5O5. The molecule has 1 aliphatic rings. The molecule has 0 bridgehead atoms. The number of amides is 1. The van der Waals surface area contributed by atoms with Gasteiger partial charge in [0, 0.05) is 13.1 Å². The highest BCUT2D eigenvalue weighted by atomic mass is 16.6. The highest BCUT2D eigenvalue weighted by molar-refractivity contribution is 5.69. The zero-order chi connectivity index (χ0) is 26.2. The minimum absolute atomic E-state index is 0.166. The van der Waals surface area contributed by atoms with Gasteiger partial charge in [0.15, 0.2) is 0 Å². The predicted octanol–water partition coefficient (Wildman–Crippen LogP) is 4.04. The number of carbonyl (C=O) groups excluding carboxylic acids is 1. The van der Waals surface area contributed by atoms with Crippen LogP contribution in [0.1, 0.15) is 37.9 Å². The van der Waals surface area contributed by atoms with Crippen LogP contribution in [0.4, 0.5) is 4.79 Å². The van der Waals surface area contributed by atoms with Crippen LogP contribution in [-0.4, -0.2) is 49.6 Å². The SMILES string of the molecule is COc1ccc(-n2c(-c3nnc(Cc4ccccc4)o3)c3n(c2=O)CCN(C(=O)OC(C)(C)C)C3)cc1. The van der Waals surface area contributed by atoms with Gasteiger partial charge in [-0.25, -0.2) is 9.59 Å². The first-order chi connectivity index (χ1) is 17.7. The third kappa shape index (κ3) is 5.00. The monoisotopic (exact) mass is 503 g/mol. The van der Waals surface area contributed by atoms with E-state index in [1.165, 1.54) is 0 Å². The molecule has 0 unspecified atom stereocenters. The third-order valence-electron chi connectivity index (χ3n) is 6.03. The van der Waals surface area contributed by atoms with E-state index in [4.69, 9.17) is 13.9 Å². The molecule has 0 N–H and O–H groups in total. The summed E-state index contributed by atoms with van der Waals surface area (Å²) in [5, 5.41) is 8.55. The van der Waals surface area contributed by atoms with Gasteiger partial charge in [0.25, 0.3) is 5.89 Å². The molecule has 2 aromatic heterocycles. The molecular weight excluding hydrogens is 474 g/mol. The van der Waals surface area contributed by atoms with Gasteiger partial charge in [0.2, 0.25) is 5.89 Å². The van der Waals surface area contributed by atoms with Gasteiger partial charge in [0.1, 0.15) is 17.0 Å². The molecule has 1 amide bonds. The standard InChI is InChI=1S/C27H29N5O5/c1-27(2,3)37-26(34)30-14-15-31-21(17-30)23(32(25(31)33)19-10-12-20(35-4)13-11-19)24-29-28-22(36-24)16-18-8-6-5-7-9-18/h5-13H,14-17H2,1-4H3. The van der Waals surface area contributed by atoms with Crippen LogP contribution >= 0.6 is 0 Å². The molecule has 3 heterocycles. The van der Waals surface area contributed by atoms with Crippen LogP contribution in [0.25, 0.3) is 17.3 Å². The number of hydrogen-bond donors (Lipinski definition) is 0. The molecule has 0 spiro atoms. The van der Waals surface area contributed by atoms with Crippen LogP contribution < -0.4 is 10.4 Å². The fraction of sp³-hybridized carbons (Fsp3) is 0.333. The fourth-order valence-electron chi connectivity index (χ4n) is 4.32. The molecule has 10 heteroatoms. The van der Waals surface area contributed by atoms with E-state index in [9.17, 15) is 9.59 Å². The lowest BCUT2D eigenvalue weighted by atomic mass is 10.1. The molecule has 1 aliphatic heterocycles. The highest BCUT2D eigenvalue weighted by Gasteiger charge is 2.33. The molecule has 192 valence electrons. The average molecular weight is 504 g/mol. The Morgan fingerprint density at radius 2 is 1.76 bits per heavy atom. The summed E-state index contributed by atoms with van der Waals surface area (Å²) in [6.07, 6.45) is 0.0189. The Hall–Kier alpha value is -4.34. The smallest absolute Gasteiger partial charge is 0.410 e.